The van der Waals surface area contributed by atoms with Crippen LogP contribution < -0.4 is 5.32 Å². The molecule has 1 atom stereocenters. The Kier molecular flexibility index (Phi) is 10.8. The summed E-state index contributed by atoms with van der Waals surface area (Å²) < 4.78 is 5.84. The van der Waals surface area contributed by atoms with Crippen molar-refractivity contribution < 1.29 is 9.53 Å². The number of esters is 1. The molecular weight excluding hydrogens is 420 g/mol. The maximum absolute atomic E-state index is 13.4. The Balaban J connectivity index is 1.75. The zero-order valence-electron chi connectivity index (χ0n) is 20.5. The van der Waals surface area contributed by atoms with Gasteiger partial charge < -0.3 is 10.1 Å². The number of carbonyl (C=O) groups is 1. The summed E-state index contributed by atoms with van der Waals surface area (Å²) in [4.78, 5) is 15.7. The fourth-order valence-corrected chi connectivity index (χ4v) is 4.00. The van der Waals surface area contributed by atoms with Gasteiger partial charge in [0.1, 0.15) is 12.6 Å². The largest absolute Gasteiger partial charge is 0.460 e. The van der Waals surface area contributed by atoms with Crippen LogP contribution in [-0.4, -0.2) is 30.0 Å². The van der Waals surface area contributed by atoms with E-state index in [9.17, 15) is 4.79 Å². The Morgan fingerprint density at radius 3 is 1.79 bits per heavy atom. The van der Waals surface area contributed by atoms with E-state index in [4.69, 9.17) is 4.74 Å². The molecule has 0 aliphatic carbocycles. The molecule has 0 heterocycles. The lowest BCUT2D eigenvalue weighted by Crippen LogP contribution is -2.42. The summed E-state index contributed by atoms with van der Waals surface area (Å²) in [5.74, 6) is 0.457. The van der Waals surface area contributed by atoms with E-state index in [0.29, 0.717) is 25.6 Å². The topological polar surface area (TPSA) is 41.6 Å². The van der Waals surface area contributed by atoms with Crippen LogP contribution >= 0.6 is 0 Å². The minimum Gasteiger partial charge on any atom is -0.460 e. The number of hydrogen-bond donors (Lipinski definition) is 1. The van der Waals surface area contributed by atoms with Crippen LogP contribution in [0.2, 0.25) is 0 Å². The van der Waals surface area contributed by atoms with E-state index in [-0.39, 0.29) is 12.0 Å². The third-order valence-electron chi connectivity index (χ3n) is 5.78. The summed E-state index contributed by atoms with van der Waals surface area (Å²) in [6.45, 7) is 7.98. The first-order valence-electron chi connectivity index (χ1n) is 12.3. The normalized spacial score (nSPS) is 12.1. The first-order valence-corrected chi connectivity index (χ1v) is 12.3. The van der Waals surface area contributed by atoms with E-state index in [2.05, 4.69) is 72.6 Å². The monoisotopic (exact) mass is 458 g/mol. The minimum absolute atomic E-state index is 0.153. The predicted octanol–water partition coefficient (Wildman–Crippen LogP) is 5.83. The Morgan fingerprint density at radius 2 is 1.29 bits per heavy atom. The molecule has 0 fully saturated rings. The smallest absolute Gasteiger partial charge is 0.323 e. The second kappa shape index (κ2) is 14.3. The Morgan fingerprint density at radius 1 is 0.794 bits per heavy atom. The highest BCUT2D eigenvalue weighted by molar-refractivity contribution is 5.75. The molecule has 0 spiro atoms. The molecule has 4 nitrogen and oxygen atoms in total. The lowest BCUT2D eigenvalue weighted by atomic mass is 10.1. The lowest BCUT2D eigenvalue weighted by molar-refractivity contribution is -0.152. The molecule has 0 saturated carbocycles. The molecule has 0 bridgehead atoms. The Bertz CT molecular complexity index is 904. The number of nitrogens with zero attached hydrogens (tertiary/aromatic N) is 1. The average Bonchev–Trinajstić information content (AvgIpc) is 2.86. The quantitative estimate of drug-likeness (QED) is 0.244. The lowest BCUT2D eigenvalue weighted by Gasteiger charge is -2.30. The van der Waals surface area contributed by atoms with E-state index >= 15 is 0 Å². The van der Waals surface area contributed by atoms with Crippen molar-refractivity contribution in [2.75, 3.05) is 13.1 Å². The van der Waals surface area contributed by atoms with Crippen molar-refractivity contribution in [2.24, 2.45) is 5.92 Å². The molecule has 0 aliphatic heterocycles. The minimum atomic E-state index is -0.315. The number of benzene rings is 3. The van der Waals surface area contributed by atoms with Gasteiger partial charge >= 0.3 is 5.97 Å². The van der Waals surface area contributed by atoms with Crippen molar-refractivity contribution >= 4 is 5.97 Å². The molecule has 3 aromatic carbocycles. The van der Waals surface area contributed by atoms with Crippen LogP contribution in [0, 0.1) is 5.92 Å². The van der Waals surface area contributed by atoms with Crippen LogP contribution in [0.5, 0.6) is 0 Å². The molecule has 34 heavy (non-hydrogen) atoms. The van der Waals surface area contributed by atoms with Crippen LogP contribution in [-0.2, 0) is 29.2 Å². The maximum Gasteiger partial charge on any atom is 0.323 e. The molecule has 0 aromatic heterocycles. The van der Waals surface area contributed by atoms with E-state index in [0.717, 1.165) is 31.5 Å². The molecule has 0 radical (unpaired) electrons. The standard InChI is InChI=1S/C30H38N2O2/c1-25(2)21-31-20-12-19-29(30(33)34-24-28-17-10-5-11-18-28)32(22-26-13-6-3-7-14-26)23-27-15-8-4-9-16-27/h3-11,13-18,25,29,31H,12,19-24H2,1-2H3/t29-/m0/s1. The van der Waals surface area contributed by atoms with Gasteiger partial charge in [0, 0.05) is 13.1 Å². The summed E-state index contributed by atoms with van der Waals surface area (Å²) in [6, 6.07) is 30.3. The van der Waals surface area contributed by atoms with Crippen LogP contribution in [0.25, 0.3) is 0 Å². The molecule has 0 unspecified atom stereocenters. The Labute approximate surface area is 205 Å². The highest BCUT2D eigenvalue weighted by Gasteiger charge is 2.27. The number of rotatable bonds is 14. The van der Waals surface area contributed by atoms with Crippen LogP contribution in [0.3, 0.4) is 0 Å². The van der Waals surface area contributed by atoms with Crippen molar-refractivity contribution in [2.45, 2.75) is 52.4 Å². The second-order valence-corrected chi connectivity index (χ2v) is 9.23. The summed E-state index contributed by atoms with van der Waals surface area (Å²) >= 11 is 0. The van der Waals surface area contributed by atoms with Gasteiger partial charge in [-0.05, 0) is 48.5 Å². The molecular formula is C30H38N2O2. The first-order chi connectivity index (χ1) is 16.6. The van der Waals surface area contributed by atoms with Gasteiger partial charge in [0.15, 0.2) is 0 Å². The van der Waals surface area contributed by atoms with E-state index in [1.54, 1.807) is 0 Å². The second-order valence-electron chi connectivity index (χ2n) is 9.23. The van der Waals surface area contributed by atoms with Gasteiger partial charge in [0.2, 0.25) is 0 Å². The summed E-state index contributed by atoms with van der Waals surface area (Å²) in [5.41, 5.74) is 3.39. The molecule has 180 valence electrons. The Hall–Kier alpha value is -2.95. The fraction of sp³-hybridized carbons (Fsp3) is 0.367. The van der Waals surface area contributed by atoms with Gasteiger partial charge in [-0.25, -0.2) is 0 Å². The number of nitrogens with one attached hydrogen (secondary N) is 1. The van der Waals surface area contributed by atoms with Crippen molar-refractivity contribution in [1.82, 2.24) is 10.2 Å². The van der Waals surface area contributed by atoms with Gasteiger partial charge in [0.25, 0.3) is 0 Å². The average molecular weight is 459 g/mol. The van der Waals surface area contributed by atoms with Gasteiger partial charge in [0.05, 0.1) is 0 Å². The van der Waals surface area contributed by atoms with Crippen LogP contribution in [0.15, 0.2) is 91.0 Å². The zero-order chi connectivity index (χ0) is 24.0. The molecule has 3 aromatic rings. The summed E-state index contributed by atoms with van der Waals surface area (Å²) in [7, 11) is 0. The highest BCUT2D eigenvalue weighted by atomic mass is 16.5. The van der Waals surface area contributed by atoms with Crippen molar-refractivity contribution in [3.63, 3.8) is 0 Å². The summed E-state index contributed by atoms with van der Waals surface area (Å²) in [5, 5.41) is 3.50. The number of hydrogen-bond acceptors (Lipinski definition) is 4. The SMILES string of the molecule is CC(C)CNCCC[C@@H](C(=O)OCc1ccccc1)N(Cc1ccccc1)Cc1ccccc1. The first kappa shape index (κ1) is 25.7. The molecule has 0 saturated heterocycles. The zero-order valence-corrected chi connectivity index (χ0v) is 20.5. The number of carbonyl (C=O) groups excluding carboxylic acids is 1. The van der Waals surface area contributed by atoms with Gasteiger partial charge in [-0.15, -0.1) is 0 Å². The van der Waals surface area contributed by atoms with Gasteiger partial charge in [-0.1, -0.05) is 105 Å². The third-order valence-corrected chi connectivity index (χ3v) is 5.78. The molecule has 0 amide bonds. The van der Waals surface area contributed by atoms with Crippen molar-refractivity contribution in [3.05, 3.63) is 108 Å². The van der Waals surface area contributed by atoms with Crippen LogP contribution in [0.1, 0.15) is 43.4 Å². The van der Waals surface area contributed by atoms with E-state index in [1.807, 2.05) is 42.5 Å². The fourth-order valence-electron chi connectivity index (χ4n) is 4.00. The van der Waals surface area contributed by atoms with Crippen molar-refractivity contribution in [1.29, 1.82) is 0 Å². The summed E-state index contributed by atoms with van der Waals surface area (Å²) in [6.07, 6.45) is 1.66. The van der Waals surface area contributed by atoms with Crippen molar-refractivity contribution in [3.8, 4) is 0 Å². The molecule has 4 heteroatoms. The maximum atomic E-state index is 13.4. The highest BCUT2D eigenvalue weighted by Crippen LogP contribution is 2.19. The third kappa shape index (κ3) is 9.12. The van der Waals surface area contributed by atoms with Crippen LogP contribution in [0.4, 0.5) is 0 Å². The molecule has 3 rings (SSSR count). The van der Waals surface area contributed by atoms with E-state index in [1.165, 1.54) is 11.1 Å². The van der Waals surface area contributed by atoms with Gasteiger partial charge in [-0.3, -0.25) is 9.69 Å². The molecule has 1 N–H and O–H groups in total. The predicted molar refractivity (Wildman–Crippen MR) is 139 cm³/mol. The van der Waals surface area contributed by atoms with E-state index < -0.39 is 0 Å². The number of ether oxygens (including phenoxy) is 1. The molecule has 0 aliphatic rings. The van der Waals surface area contributed by atoms with Gasteiger partial charge in [-0.2, -0.15) is 0 Å².